The number of amides is 1. The Morgan fingerprint density at radius 1 is 1.21 bits per heavy atom. The number of hydrogen-bond donors (Lipinski definition) is 0. The summed E-state index contributed by atoms with van der Waals surface area (Å²) in [6, 6.07) is 5.76. The van der Waals surface area contributed by atoms with Crippen LogP contribution in [0.3, 0.4) is 0 Å². The number of nitrogens with zero attached hydrogens (tertiary/aromatic N) is 8. The Bertz CT molecular complexity index is 1730. The summed E-state index contributed by atoms with van der Waals surface area (Å²) in [6.45, 7) is 17.6. The minimum atomic E-state index is -2.56. The second-order valence-electron chi connectivity index (χ2n) is 13.3. The van der Waals surface area contributed by atoms with Crippen molar-refractivity contribution in [3.8, 4) is 6.01 Å². The Labute approximate surface area is 279 Å². The molecule has 0 radical (unpaired) electrons. The van der Waals surface area contributed by atoms with Crippen LogP contribution in [0, 0.1) is 19.4 Å². The van der Waals surface area contributed by atoms with Crippen molar-refractivity contribution in [3.05, 3.63) is 71.2 Å². The van der Waals surface area contributed by atoms with Gasteiger partial charge in [-0.15, -0.1) is 0 Å². The lowest BCUT2D eigenvalue weighted by molar-refractivity contribution is -0.131. The fourth-order valence-corrected chi connectivity index (χ4v) is 7.12. The number of aryl methyl sites for hydroxylation is 1. The Balaban J connectivity index is 1.28. The van der Waals surface area contributed by atoms with Crippen LogP contribution in [0.2, 0.25) is 0 Å². The summed E-state index contributed by atoms with van der Waals surface area (Å²) >= 11 is 0. The van der Waals surface area contributed by atoms with Crippen LogP contribution in [-0.4, -0.2) is 102 Å². The van der Waals surface area contributed by atoms with Crippen LogP contribution in [0.1, 0.15) is 36.6 Å². The molecule has 2 aliphatic heterocycles. The number of aromatic nitrogens is 3. The lowest BCUT2D eigenvalue weighted by atomic mass is 9.81. The number of piperazine rings is 1. The van der Waals surface area contributed by atoms with Gasteiger partial charge in [-0.1, -0.05) is 24.8 Å². The minimum Gasteiger partial charge on any atom is -0.462 e. The molecule has 13 heteroatoms. The highest BCUT2D eigenvalue weighted by atomic mass is 19.3. The molecule has 48 heavy (non-hydrogen) atoms. The van der Waals surface area contributed by atoms with Crippen LogP contribution < -0.4 is 14.5 Å². The smallest absolute Gasteiger partial charge is 0.318 e. The molecule has 2 fully saturated rings. The summed E-state index contributed by atoms with van der Waals surface area (Å²) in [5, 5.41) is 2.20. The molecule has 1 aliphatic carbocycles. The first-order chi connectivity index (χ1) is 22.9. The number of carbonyl (C=O) groups excluding carboxylic acids is 1. The largest absolute Gasteiger partial charge is 0.462 e. The topological polar surface area (TPSA) is 82.3 Å². The monoisotopic (exact) mass is 662 g/mol. The zero-order valence-electron chi connectivity index (χ0n) is 27.6. The Morgan fingerprint density at radius 2 is 2.00 bits per heavy atom. The summed E-state index contributed by atoms with van der Waals surface area (Å²) in [5.41, 5.74) is 3.95. The van der Waals surface area contributed by atoms with E-state index in [-0.39, 0.29) is 50.5 Å². The third-order valence-corrected chi connectivity index (χ3v) is 9.84. The van der Waals surface area contributed by atoms with Crippen molar-refractivity contribution in [1.82, 2.24) is 24.8 Å². The molecular formula is C35H41F3N8O2. The van der Waals surface area contributed by atoms with E-state index in [1.54, 1.807) is 0 Å². The lowest BCUT2D eigenvalue weighted by Gasteiger charge is -2.41. The maximum atomic E-state index is 13.9. The molecule has 10 nitrogen and oxygen atoms in total. The fraction of sp³-hybridized carbons (Fsp3) is 0.514. The van der Waals surface area contributed by atoms with Crippen LogP contribution in [0.15, 0.2) is 43.0 Å². The van der Waals surface area contributed by atoms with Crippen molar-refractivity contribution >= 4 is 28.2 Å². The molecule has 4 heterocycles. The second-order valence-corrected chi connectivity index (χ2v) is 13.3. The Hall–Kier alpha value is -4.44. The van der Waals surface area contributed by atoms with Crippen LogP contribution in [0.5, 0.6) is 6.01 Å². The van der Waals surface area contributed by atoms with Gasteiger partial charge in [0.25, 0.3) is 5.91 Å². The van der Waals surface area contributed by atoms with E-state index in [2.05, 4.69) is 40.4 Å². The van der Waals surface area contributed by atoms with E-state index in [0.29, 0.717) is 45.0 Å². The van der Waals surface area contributed by atoms with Gasteiger partial charge in [-0.05, 0) is 38.8 Å². The van der Waals surface area contributed by atoms with E-state index in [1.807, 2.05) is 42.2 Å². The zero-order chi connectivity index (χ0) is 34.2. The molecule has 2 aromatic heterocycles. The van der Waals surface area contributed by atoms with Gasteiger partial charge in [0, 0.05) is 74.1 Å². The predicted molar refractivity (Wildman–Crippen MR) is 178 cm³/mol. The summed E-state index contributed by atoms with van der Waals surface area (Å²) < 4.78 is 46.9. The molecule has 0 unspecified atom stereocenters. The molecule has 6 rings (SSSR count). The van der Waals surface area contributed by atoms with Crippen LogP contribution in [-0.2, 0) is 17.8 Å². The molecule has 0 bridgehead atoms. The third kappa shape index (κ3) is 6.90. The Morgan fingerprint density at radius 3 is 2.73 bits per heavy atom. The van der Waals surface area contributed by atoms with Gasteiger partial charge >= 0.3 is 6.01 Å². The summed E-state index contributed by atoms with van der Waals surface area (Å²) in [4.78, 5) is 38.1. The van der Waals surface area contributed by atoms with Crippen molar-refractivity contribution in [2.24, 2.45) is 5.92 Å². The van der Waals surface area contributed by atoms with Crippen molar-refractivity contribution in [3.63, 3.8) is 0 Å². The van der Waals surface area contributed by atoms with Gasteiger partial charge in [0.1, 0.15) is 18.5 Å². The lowest BCUT2D eigenvalue weighted by Crippen LogP contribution is -2.57. The normalized spacial score (nSPS) is 19.9. The number of rotatable bonds is 10. The number of carbonyl (C=O) groups is 1. The average Bonchev–Trinajstić information content (AvgIpc) is 3.05. The number of benzene rings is 1. The molecular weight excluding hydrogens is 621 g/mol. The molecule has 1 saturated carbocycles. The predicted octanol–water partition coefficient (Wildman–Crippen LogP) is 5.06. The quantitative estimate of drug-likeness (QED) is 0.220. The van der Waals surface area contributed by atoms with Crippen molar-refractivity contribution < 1.29 is 22.7 Å². The van der Waals surface area contributed by atoms with Gasteiger partial charge in [-0.2, -0.15) is 9.97 Å². The highest BCUT2D eigenvalue weighted by Crippen LogP contribution is 2.42. The minimum absolute atomic E-state index is 0.0180. The van der Waals surface area contributed by atoms with Gasteiger partial charge in [-0.3, -0.25) is 9.78 Å². The highest BCUT2D eigenvalue weighted by molar-refractivity contribution is 5.96. The van der Waals surface area contributed by atoms with Gasteiger partial charge in [0.05, 0.1) is 24.1 Å². The van der Waals surface area contributed by atoms with E-state index in [1.165, 1.54) is 4.90 Å². The number of anilines is 2. The van der Waals surface area contributed by atoms with E-state index in [4.69, 9.17) is 21.3 Å². The van der Waals surface area contributed by atoms with Crippen molar-refractivity contribution in [2.45, 2.75) is 57.7 Å². The average molecular weight is 663 g/mol. The van der Waals surface area contributed by atoms with Crippen LogP contribution in [0.4, 0.5) is 24.7 Å². The van der Waals surface area contributed by atoms with Gasteiger partial charge in [0.15, 0.2) is 5.83 Å². The van der Waals surface area contributed by atoms with E-state index in [9.17, 15) is 18.0 Å². The molecule has 1 saturated heterocycles. The molecule has 1 aromatic carbocycles. The standard InChI is InChI=1S/C35H41F3N8O2/c1-22-7-6-8-26-15-40-17-30(31(22)26)44-10-9-28-29(20-44)41-34(48-21-23(2)43(5)18-25-13-35(37,38)14-25)42-32(28)45-11-12-46(33(47)24(3)36)27(19-45)16-39-4/h6-8,15,17,23,25,27H,3,9-14,16,18-21H2,1-2,5H3/t23-,27-/m0/s1. The number of likely N-dealkylation sites (N-methyl/N-ethyl adjacent to an activating group) is 1. The number of hydrogen-bond acceptors (Lipinski definition) is 8. The number of alkyl halides is 2. The molecule has 2 atom stereocenters. The summed E-state index contributed by atoms with van der Waals surface area (Å²) in [6.07, 6.45) is 4.23. The summed E-state index contributed by atoms with van der Waals surface area (Å²) in [7, 11) is 1.91. The highest BCUT2D eigenvalue weighted by Gasteiger charge is 2.45. The van der Waals surface area contributed by atoms with Gasteiger partial charge in [0.2, 0.25) is 12.5 Å². The first-order valence-electron chi connectivity index (χ1n) is 16.4. The molecule has 0 spiro atoms. The molecule has 3 aliphatic rings. The number of ether oxygens (including phenoxy) is 1. The van der Waals surface area contributed by atoms with E-state index in [0.717, 1.165) is 33.3 Å². The molecule has 254 valence electrons. The van der Waals surface area contributed by atoms with Gasteiger partial charge in [-0.25, -0.2) is 19.7 Å². The molecule has 1 amide bonds. The maximum Gasteiger partial charge on any atom is 0.318 e. The van der Waals surface area contributed by atoms with Crippen molar-refractivity contribution in [1.29, 1.82) is 0 Å². The summed E-state index contributed by atoms with van der Waals surface area (Å²) in [5.74, 6) is -3.76. The first kappa shape index (κ1) is 33.5. The maximum absolute atomic E-state index is 13.9. The fourth-order valence-electron chi connectivity index (χ4n) is 7.12. The SMILES string of the molecule is [C-]#[N+]C[C@H]1CN(c2nc(OC[C@H](C)N(C)CC3CC(F)(F)C3)nc3c2CCN(c2cncc4cccc(C)c24)C3)CCN1C(=O)C(=C)F. The number of fused-ring (bicyclic) bond motifs is 2. The van der Waals surface area contributed by atoms with Crippen molar-refractivity contribution in [2.75, 3.05) is 62.7 Å². The molecule has 3 aromatic rings. The zero-order valence-corrected chi connectivity index (χ0v) is 27.6. The van der Waals surface area contributed by atoms with E-state index < -0.39 is 23.7 Å². The number of halogens is 3. The van der Waals surface area contributed by atoms with Gasteiger partial charge < -0.3 is 29.2 Å². The number of pyridine rings is 1. The van der Waals surface area contributed by atoms with E-state index >= 15 is 0 Å². The molecule has 0 N–H and O–H groups in total. The Kier molecular flexibility index (Phi) is 9.47. The van der Waals surface area contributed by atoms with Crippen LogP contribution >= 0.6 is 0 Å². The second kappa shape index (κ2) is 13.6. The first-order valence-corrected chi connectivity index (χ1v) is 16.4. The third-order valence-electron chi connectivity index (χ3n) is 9.84. The van der Waals surface area contributed by atoms with Crippen LogP contribution in [0.25, 0.3) is 15.6 Å².